The Balaban J connectivity index is 1.57. The molecular formula is C29H44FN2OS+. The van der Waals surface area contributed by atoms with Crippen LogP contribution in [0.1, 0.15) is 101 Å². The third-order valence-corrected chi connectivity index (χ3v) is 9.77. The molecule has 0 spiro atoms. The number of rotatable bonds is 8. The molecule has 4 rings (SSSR count). The Morgan fingerprint density at radius 3 is 2.53 bits per heavy atom. The standard InChI is InChI=1S/C29H44FN2OS/c1-7-23-19-34-28(29(5,6)22-13-15-31(16-14-22)20(2)3)32(23)18-21(4)24-10-8-11-25(27(24)30)26-12-9-17-33-26/h8,10-11,19-22,26H,7,9,12-18H2,1-6H3/q+1/t21?,26-/m0/s1. The SMILES string of the molecule is CCc1csc(C(C)(C)C2CCN(C(C)C)CC2)[n+]1CC(C)c1cccc([C@@H]2CCCO2)c1F. The van der Waals surface area contributed by atoms with Crippen LogP contribution in [0.3, 0.4) is 0 Å². The fourth-order valence-corrected chi connectivity index (χ4v) is 7.39. The van der Waals surface area contributed by atoms with E-state index < -0.39 is 0 Å². The molecule has 1 unspecified atom stereocenters. The van der Waals surface area contributed by atoms with Crippen molar-refractivity contribution in [3.05, 3.63) is 51.2 Å². The van der Waals surface area contributed by atoms with E-state index in [0.717, 1.165) is 43.5 Å². The van der Waals surface area contributed by atoms with Crippen molar-refractivity contribution in [2.75, 3.05) is 19.7 Å². The second-order valence-corrected chi connectivity index (χ2v) is 12.1. The number of ether oxygens (including phenoxy) is 1. The minimum Gasteiger partial charge on any atom is -0.373 e. The van der Waals surface area contributed by atoms with Gasteiger partial charge in [0.25, 0.3) is 0 Å². The van der Waals surface area contributed by atoms with Gasteiger partial charge >= 0.3 is 0 Å². The molecule has 1 aromatic carbocycles. The van der Waals surface area contributed by atoms with Gasteiger partial charge in [0.1, 0.15) is 5.82 Å². The van der Waals surface area contributed by atoms with E-state index in [1.807, 2.05) is 29.5 Å². The number of piperidine rings is 1. The van der Waals surface area contributed by atoms with Crippen LogP contribution in [0.5, 0.6) is 0 Å². The zero-order valence-electron chi connectivity index (χ0n) is 22.1. The van der Waals surface area contributed by atoms with Gasteiger partial charge in [-0.1, -0.05) is 43.4 Å². The van der Waals surface area contributed by atoms with Crippen molar-refractivity contribution in [3.63, 3.8) is 0 Å². The highest BCUT2D eigenvalue weighted by Gasteiger charge is 2.42. The van der Waals surface area contributed by atoms with Gasteiger partial charge in [0.2, 0.25) is 5.01 Å². The first-order valence-corrected chi connectivity index (χ1v) is 14.3. The monoisotopic (exact) mass is 487 g/mol. The van der Waals surface area contributed by atoms with Crippen LogP contribution in [-0.2, 0) is 23.1 Å². The molecule has 0 saturated carbocycles. The van der Waals surface area contributed by atoms with E-state index in [1.54, 1.807) is 0 Å². The summed E-state index contributed by atoms with van der Waals surface area (Å²) in [6.45, 7) is 17.8. The molecule has 2 aromatic rings. The molecule has 5 heteroatoms. The smallest absolute Gasteiger partial charge is 0.243 e. The average Bonchev–Trinajstić information content (AvgIpc) is 3.49. The molecule has 34 heavy (non-hydrogen) atoms. The third kappa shape index (κ3) is 5.12. The number of likely N-dealkylation sites (tertiary alicyclic amines) is 1. The largest absolute Gasteiger partial charge is 0.373 e. The van der Waals surface area contributed by atoms with Gasteiger partial charge < -0.3 is 9.64 Å². The highest BCUT2D eigenvalue weighted by atomic mass is 32.1. The first-order chi connectivity index (χ1) is 16.2. The van der Waals surface area contributed by atoms with Crippen LogP contribution in [0, 0.1) is 11.7 Å². The van der Waals surface area contributed by atoms with Crippen molar-refractivity contribution in [1.82, 2.24) is 4.90 Å². The maximum absolute atomic E-state index is 15.6. The number of aryl methyl sites for hydroxylation is 1. The highest BCUT2D eigenvalue weighted by Crippen LogP contribution is 2.40. The van der Waals surface area contributed by atoms with E-state index in [9.17, 15) is 0 Å². The number of nitrogens with zero attached hydrogens (tertiary/aromatic N) is 2. The van der Waals surface area contributed by atoms with E-state index in [-0.39, 0.29) is 23.3 Å². The minimum atomic E-state index is -0.0849. The summed E-state index contributed by atoms with van der Waals surface area (Å²) in [5, 5.41) is 3.79. The lowest BCUT2D eigenvalue weighted by Crippen LogP contribution is -2.50. The molecule has 2 fully saturated rings. The molecule has 1 aromatic heterocycles. The van der Waals surface area contributed by atoms with Crippen LogP contribution in [0.15, 0.2) is 23.6 Å². The predicted molar refractivity (Wildman–Crippen MR) is 139 cm³/mol. The Bertz CT molecular complexity index is 955. The minimum absolute atomic E-state index is 0.0577. The Morgan fingerprint density at radius 1 is 1.18 bits per heavy atom. The molecule has 0 radical (unpaired) electrons. The fourth-order valence-electron chi connectivity index (χ4n) is 6.06. The van der Waals surface area contributed by atoms with E-state index in [4.69, 9.17) is 4.74 Å². The molecule has 2 saturated heterocycles. The van der Waals surface area contributed by atoms with Crippen LogP contribution in [0.2, 0.25) is 0 Å². The Kier molecular flexibility index (Phi) is 8.16. The summed E-state index contributed by atoms with van der Waals surface area (Å²) in [5.41, 5.74) is 3.04. The molecule has 3 heterocycles. The summed E-state index contributed by atoms with van der Waals surface area (Å²) >= 11 is 1.91. The quantitative estimate of drug-likeness (QED) is 0.381. The van der Waals surface area contributed by atoms with Crippen molar-refractivity contribution in [3.8, 4) is 0 Å². The lowest BCUT2D eigenvalue weighted by Gasteiger charge is -2.40. The van der Waals surface area contributed by atoms with Gasteiger partial charge in [0, 0.05) is 30.6 Å². The lowest BCUT2D eigenvalue weighted by molar-refractivity contribution is -0.711. The van der Waals surface area contributed by atoms with Crippen molar-refractivity contribution in [2.45, 2.75) is 104 Å². The molecule has 2 aliphatic rings. The van der Waals surface area contributed by atoms with Crippen LogP contribution in [0.4, 0.5) is 4.39 Å². The van der Waals surface area contributed by atoms with Crippen molar-refractivity contribution in [2.24, 2.45) is 5.92 Å². The molecular weight excluding hydrogens is 443 g/mol. The van der Waals surface area contributed by atoms with E-state index in [0.29, 0.717) is 12.0 Å². The number of halogens is 1. The van der Waals surface area contributed by atoms with Crippen LogP contribution in [-0.4, -0.2) is 30.6 Å². The van der Waals surface area contributed by atoms with Gasteiger partial charge in [0.05, 0.1) is 16.9 Å². The Morgan fingerprint density at radius 2 is 1.91 bits per heavy atom. The fraction of sp³-hybridized carbons (Fsp3) is 0.690. The van der Waals surface area contributed by atoms with Crippen LogP contribution < -0.4 is 4.57 Å². The molecule has 0 bridgehead atoms. The number of hydrogen-bond acceptors (Lipinski definition) is 3. The maximum atomic E-state index is 15.6. The zero-order valence-corrected chi connectivity index (χ0v) is 22.9. The highest BCUT2D eigenvalue weighted by molar-refractivity contribution is 7.09. The molecule has 0 amide bonds. The summed E-state index contributed by atoms with van der Waals surface area (Å²) in [7, 11) is 0. The molecule has 2 aliphatic heterocycles. The summed E-state index contributed by atoms with van der Waals surface area (Å²) < 4.78 is 24.0. The topological polar surface area (TPSA) is 16.4 Å². The van der Waals surface area contributed by atoms with Crippen molar-refractivity contribution in [1.29, 1.82) is 0 Å². The third-order valence-electron chi connectivity index (χ3n) is 8.41. The Hall–Kier alpha value is -1.30. The van der Waals surface area contributed by atoms with Crippen molar-refractivity contribution < 1.29 is 13.7 Å². The van der Waals surface area contributed by atoms with E-state index in [1.165, 1.54) is 36.6 Å². The molecule has 0 aliphatic carbocycles. The van der Waals surface area contributed by atoms with Gasteiger partial charge in [-0.15, -0.1) is 0 Å². The summed E-state index contributed by atoms with van der Waals surface area (Å²) in [4.78, 5) is 2.61. The maximum Gasteiger partial charge on any atom is 0.243 e. The first kappa shape index (κ1) is 25.8. The number of aromatic nitrogens is 1. The van der Waals surface area contributed by atoms with Gasteiger partial charge in [-0.3, -0.25) is 0 Å². The summed E-state index contributed by atoms with van der Waals surface area (Å²) in [6.07, 6.45) is 5.35. The molecule has 2 atom stereocenters. The number of hydrogen-bond donors (Lipinski definition) is 0. The number of thiazole rings is 1. The second kappa shape index (κ2) is 10.8. The second-order valence-electron chi connectivity index (χ2n) is 11.3. The lowest BCUT2D eigenvalue weighted by atomic mass is 9.73. The molecule has 0 N–H and O–H groups in total. The molecule has 3 nitrogen and oxygen atoms in total. The van der Waals surface area contributed by atoms with Crippen LogP contribution >= 0.6 is 11.3 Å². The molecule has 188 valence electrons. The van der Waals surface area contributed by atoms with Gasteiger partial charge in [-0.25, -0.2) is 4.39 Å². The van der Waals surface area contributed by atoms with E-state index in [2.05, 4.69) is 56.4 Å². The number of benzene rings is 1. The zero-order chi connectivity index (χ0) is 24.5. The first-order valence-electron chi connectivity index (χ1n) is 13.4. The predicted octanol–water partition coefficient (Wildman–Crippen LogP) is 6.79. The summed E-state index contributed by atoms with van der Waals surface area (Å²) in [5.74, 6) is 0.716. The Labute approximate surface area is 210 Å². The van der Waals surface area contributed by atoms with Gasteiger partial charge in [-0.05, 0) is 77.9 Å². The van der Waals surface area contributed by atoms with E-state index >= 15 is 4.39 Å². The van der Waals surface area contributed by atoms with Crippen LogP contribution in [0.25, 0.3) is 0 Å². The average molecular weight is 488 g/mol. The van der Waals surface area contributed by atoms with Gasteiger partial charge in [-0.2, -0.15) is 4.57 Å². The normalized spacial score (nSPS) is 21.5. The summed E-state index contributed by atoms with van der Waals surface area (Å²) in [6, 6.07) is 6.53. The van der Waals surface area contributed by atoms with Gasteiger partial charge in [0.15, 0.2) is 12.2 Å². The van der Waals surface area contributed by atoms with Crippen molar-refractivity contribution >= 4 is 11.3 Å².